The molecule has 0 unspecified atom stereocenters. The largest absolute Gasteiger partial charge is 0.302 e. The number of nitrogens with one attached hydrogen (secondary N) is 1. The molecule has 0 bridgehead atoms. The van der Waals surface area contributed by atoms with Gasteiger partial charge in [0.05, 0.1) is 5.69 Å². The minimum Gasteiger partial charge on any atom is -0.302 e. The van der Waals surface area contributed by atoms with E-state index in [1.54, 1.807) is 0 Å². The zero-order chi connectivity index (χ0) is 15.8. The van der Waals surface area contributed by atoms with Gasteiger partial charge in [0.1, 0.15) is 0 Å². The van der Waals surface area contributed by atoms with E-state index in [1.165, 1.54) is 29.4 Å². The van der Waals surface area contributed by atoms with Gasteiger partial charge in [-0.1, -0.05) is 29.4 Å². The highest BCUT2D eigenvalue weighted by Crippen LogP contribution is 2.17. The number of anilines is 1. The molecule has 1 N–H and O–H groups in total. The highest BCUT2D eigenvalue weighted by atomic mass is 32.1. The fourth-order valence-corrected chi connectivity index (χ4v) is 2.86. The number of aryl methyl sites for hydroxylation is 2. The van der Waals surface area contributed by atoms with Gasteiger partial charge in [-0.05, 0) is 35.9 Å². The summed E-state index contributed by atoms with van der Waals surface area (Å²) in [6.45, 7) is 1.95. The number of carbonyl (C=O) groups is 1. The quantitative estimate of drug-likeness (QED) is 0.479. The Balaban J connectivity index is 1.90. The van der Waals surface area contributed by atoms with Gasteiger partial charge >= 0.3 is 0 Å². The van der Waals surface area contributed by atoms with Crippen LogP contribution in [0.3, 0.4) is 0 Å². The number of rotatable bonds is 7. The van der Waals surface area contributed by atoms with Gasteiger partial charge in [-0.15, -0.1) is 11.3 Å². The van der Waals surface area contributed by atoms with E-state index in [-0.39, 0.29) is 5.91 Å². The second-order valence-corrected chi connectivity index (χ2v) is 5.71. The third-order valence-corrected chi connectivity index (χ3v) is 3.87. The molecule has 22 heavy (non-hydrogen) atoms. The fraction of sp³-hybridized carbons (Fsp3) is 0.333. The van der Waals surface area contributed by atoms with Crippen LogP contribution in [0.5, 0.6) is 0 Å². The molecule has 1 amide bonds. The summed E-state index contributed by atoms with van der Waals surface area (Å²) in [7, 11) is 0. The van der Waals surface area contributed by atoms with E-state index in [0.717, 1.165) is 25.0 Å². The van der Waals surface area contributed by atoms with Gasteiger partial charge in [-0.25, -0.2) is 4.98 Å². The fourth-order valence-electron chi connectivity index (χ4n) is 2.07. The molecular weight excluding hydrogens is 298 g/mol. The van der Waals surface area contributed by atoms with Crippen molar-refractivity contribution in [1.82, 2.24) is 4.98 Å². The van der Waals surface area contributed by atoms with E-state index >= 15 is 0 Å². The smallest absolute Gasteiger partial charge is 0.223 e. The highest BCUT2D eigenvalue weighted by molar-refractivity contribution is 7.13. The molecule has 0 fully saturated rings. The second kappa shape index (κ2) is 8.17. The molecule has 7 heteroatoms. The molecule has 0 saturated carbocycles. The summed E-state index contributed by atoms with van der Waals surface area (Å²) in [5.41, 5.74) is 11.7. The number of aromatic nitrogens is 1. The summed E-state index contributed by atoms with van der Waals surface area (Å²) < 4.78 is 0. The molecule has 0 atom stereocenters. The van der Waals surface area contributed by atoms with Crippen LogP contribution in [0.25, 0.3) is 10.4 Å². The first-order chi connectivity index (χ1) is 10.7. The molecule has 114 valence electrons. The lowest BCUT2D eigenvalue weighted by molar-refractivity contribution is -0.114. The number of hydrogen-bond acceptors (Lipinski definition) is 4. The van der Waals surface area contributed by atoms with Crippen molar-refractivity contribution in [2.75, 3.05) is 11.9 Å². The van der Waals surface area contributed by atoms with Gasteiger partial charge in [-0.3, -0.25) is 4.79 Å². The first-order valence-electron chi connectivity index (χ1n) is 6.98. The van der Waals surface area contributed by atoms with E-state index in [0.29, 0.717) is 11.7 Å². The molecule has 1 aromatic carbocycles. The zero-order valence-corrected chi connectivity index (χ0v) is 13.1. The Bertz CT molecular complexity index is 691. The van der Waals surface area contributed by atoms with Crippen molar-refractivity contribution in [1.29, 1.82) is 0 Å². The number of benzene rings is 1. The van der Waals surface area contributed by atoms with Crippen molar-refractivity contribution in [2.45, 2.75) is 26.2 Å². The average molecular weight is 315 g/mol. The van der Waals surface area contributed by atoms with Gasteiger partial charge in [0.25, 0.3) is 0 Å². The van der Waals surface area contributed by atoms with Gasteiger partial charge in [0.2, 0.25) is 5.91 Å². The molecule has 1 heterocycles. The first kappa shape index (κ1) is 16.0. The molecule has 0 radical (unpaired) electrons. The van der Waals surface area contributed by atoms with Gasteiger partial charge in [-0.2, -0.15) is 0 Å². The molecule has 0 aliphatic carbocycles. The Morgan fingerprint density at radius 3 is 2.86 bits per heavy atom. The Labute approximate surface area is 132 Å². The van der Waals surface area contributed by atoms with Crippen molar-refractivity contribution in [3.05, 3.63) is 56.9 Å². The average Bonchev–Trinajstić information content (AvgIpc) is 2.93. The zero-order valence-electron chi connectivity index (χ0n) is 12.3. The van der Waals surface area contributed by atoms with Crippen LogP contribution in [0, 0.1) is 0 Å². The summed E-state index contributed by atoms with van der Waals surface area (Å²) in [5, 5.41) is 8.86. The van der Waals surface area contributed by atoms with E-state index < -0.39 is 0 Å². The molecule has 0 spiro atoms. The van der Waals surface area contributed by atoms with Crippen molar-refractivity contribution in [3.8, 4) is 0 Å². The SMILES string of the molecule is CC(=O)Nc1nc(CCc2cccc(CCN=[N+]=[N-])c2)cs1. The molecule has 0 aliphatic rings. The van der Waals surface area contributed by atoms with Gasteiger partial charge in [0.15, 0.2) is 5.13 Å². The monoisotopic (exact) mass is 315 g/mol. The molecular formula is C15H17N5OS. The molecule has 0 aliphatic heterocycles. The first-order valence-corrected chi connectivity index (χ1v) is 7.86. The minimum atomic E-state index is -0.103. The maximum absolute atomic E-state index is 11.0. The normalized spacial score (nSPS) is 10.0. The summed E-state index contributed by atoms with van der Waals surface area (Å²) in [6, 6.07) is 8.27. The predicted octanol–water partition coefficient (Wildman–Crippen LogP) is 3.74. The topological polar surface area (TPSA) is 90.8 Å². The van der Waals surface area contributed by atoms with Crippen LogP contribution in [0.4, 0.5) is 5.13 Å². The predicted molar refractivity (Wildman–Crippen MR) is 88.0 cm³/mol. The van der Waals surface area contributed by atoms with E-state index in [1.807, 2.05) is 17.5 Å². The Morgan fingerprint density at radius 1 is 1.36 bits per heavy atom. The van der Waals surface area contributed by atoms with E-state index in [2.05, 4.69) is 32.5 Å². The van der Waals surface area contributed by atoms with E-state index in [4.69, 9.17) is 5.53 Å². The van der Waals surface area contributed by atoms with E-state index in [9.17, 15) is 4.79 Å². The van der Waals surface area contributed by atoms with Crippen molar-refractivity contribution < 1.29 is 4.79 Å². The van der Waals surface area contributed by atoms with Crippen LogP contribution in [-0.4, -0.2) is 17.4 Å². The summed E-state index contributed by atoms with van der Waals surface area (Å²) >= 11 is 1.44. The Kier molecular flexibility index (Phi) is 5.94. The molecule has 0 saturated heterocycles. The number of carbonyl (C=O) groups excluding carboxylic acids is 1. The number of azide groups is 1. The van der Waals surface area contributed by atoms with Gasteiger partial charge in [0, 0.05) is 23.8 Å². The maximum atomic E-state index is 11.0. The number of thiazole rings is 1. The van der Waals surface area contributed by atoms with Crippen LogP contribution in [0.15, 0.2) is 34.8 Å². The Morgan fingerprint density at radius 2 is 2.14 bits per heavy atom. The second-order valence-electron chi connectivity index (χ2n) is 4.85. The third-order valence-electron chi connectivity index (χ3n) is 3.06. The lowest BCUT2D eigenvalue weighted by atomic mass is 10.0. The number of amides is 1. The van der Waals surface area contributed by atoms with Gasteiger partial charge < -0.3 is 5.32 Å². The lowest BCUT2D eigenvalue weighted by Gasteiger charge is -2.03. The summed E-state index contributed by atoms with van der Waals surface area (Å²) in [6.07, 6.45) is 2.47. The van der Waals surface area contributed by atoms with Crippen molar-refractivity contribution >= 4 is 22.4 Å². The minimum absolute atomic E-state index is 0.103. The standard InChI is InChI=1S/C15H17N5OS/c1-11(21)18-15-19-14(10-22-15)6-5-12-3-2-4-13(9-12)7-8-17-20-16/h2-4,9-10H,5-8H2,1H3,(H,18,19,21). The molecule has 2 rings (SSSR count). The van der Waals surface area contributed by atoms with Crippen LogP contribution < -0.4 is 5.32 Å². The van der Waals surface area contributed by atoms with Crippen LogP contribution in [0.1, 0.15) is 23.7 Å². The van der Waals surface area contributed by atoms with Crippen molar-refractivity contribution in [2.24, 2.45) is 5.11 Å². The van der Waals surface area contributed by atoms with Crippen LogP contribution in [0.2, 0.25) is 0 Å². The highest BCUT2D eigenvalue weighted by Gasteiger charge is 2.04. The summed E-state index contributed by atoms with van der Waals surface area (Å²) in [5.74, 6) is -0.103. The maximum Gasteiger partial charge on any atom is 0.223 e. The van der Waals surface area contributed by atoms with Crippen molar-refractivity contribution in [3.63, 3.8) is 0 Å². The Hall–Kier alpha value is -2.37. The molecule has 2 aromatic rings. The van der Waals surface area contributed by atoms with Crippen LogP contribution >= 0.6 is 11.3 Å². The summed E-state index contributed by atoms with van der Waals surface area (Å²) in [4.78, 5) is 18.1. The molecule has 6 nitrogen and oxygen atoms in total. The number of hydrogen-bond donors (Lipinski definition) is 1. The van der Waals surface area contributed by atoms with Crippen LogP contribution in [-0.2, 0) is 24.1 Å². The lowest BCUT2D eigenvalue weighted by Crippen LogP contribution is -2.05. The third kappa shape index (κ3) is 5.20. The molecule has 1 aromatic heterocycles. The number of nitrogens with zero attached hydrogens (tertiary/aromatic N) is 4.